The number of fused-ring (bicyclic) bond motifs is 1. The topological polar surface area (TPSA) is 39.1 Å². The highest BCUT2D eigenvalue weighted by Crippen LogP contribution is 2.32. The van der Waals surface area contributed by atoms with Crippen molar-refractivity contribution in [1.29, 1.82) is 0 Å². The molecular weight excluding hydrogens is 290 g/mol. The van der Waals surface area contributed by atoms with Gasteiger partial charge >= 0.3 is 0 Å². The van der Waals surface area contributed by atoms with Crippen molar-refractivity contribution in [1.82, 2.24) is 4.57 Å². The molecular formula is C12H14ClNO2S2. The Morgan fingerprint density at radius 1 is 1.33 bits per heavy atom. The lowest BCUT2D eigenvalue weighted by molar-refractivity contribution is 0.608. The fraction of sp³-hybridized carbons (Fsp3) is 0.333. The van der Waals surface area contributed by atoms with Gasteiger partial charge in [-0.05, 0) is 19.2 Å². The number of nitrogens with zero attached hydrogens (tertiary/aromatic N) is 1. The Morgan fingerprint density at radius 2 is 2.00 bits per heavy atom. The van der Waals surface area contributed by atoms with Crippen LogP contribution in [0.2, 0.25) is 0 Å². The van der Waals surface area contributed by atoms with Crippen molar-refractivity contribution in [3.05, 3.63) is 30.0 Å². The van der Waals surface area contributed by atoms with Crippen LogP contribution in [0, 0.1) is 6.92 Å². The van der Waals surface area contributed by atoms with E-state index in [4.69, 9.17) is 10.7 Å². The van der Waals surface area contributed by atoms with Gasteiger partial charge < -0.3 is 4.57 Å². The van der Waals surface area contributed by atoms with Crippen LogP contribution in [0.25, 0.3) is 10.9 Å². The summed E-state index contributed by atoms with van der Waals surface area (Å²) in [7, 11) is 1.82. The van der Waals surface area contributed by atoms with E-state index in [1.807, 2.05) is 29.0 Å². The number of rotatable bonds is 4. The van der Waals surface area contributed by atoms with Crippen LogP contribution in [0.4, 0.5) is 0 Å². The van der Waals surface area contributed by atoms with E-state index in [0.717, 1.165) is 17.8 Å². The van der Waals surface area contributed by atoms with E-state index in [1.165, 1.54) is 0 Å². The molecule has 0 saturated heterocycles. The highest BCUT2D eigenvalue weighted by Gasteiger charge is 2.22. The fourth-order valence-electron chi connectivity index (χ4n) is 2.18. The summed E-state index contributed by atoms with van der Waals surface area (Å²) in [6, 6.07) is 7.45. The summed E-state index contributed by atoms with van der Waals surface area (Å²) < 4.78 is 25.4. The van der Waals surface area contributed by atoms with Crippen LogP contribution in [-0.2, 0) is 15.6 Å². The van der Waals surface area contributed by atoms with Gasteiger partial charge in [-0.15, -0.1) is 0 Å². The molecule has 0 atom stereocenters. The van der Waals surface area contributed by atoms with Gasteiger partial charge in [-0.25, -0.2) is 8.42 Å². The zero-order valence-corrected chi connectivity index (χ0v) is 12.6. The second kappa shape index (κ2) is 5.15. The molecule has 2 aromatic rings. The number of thioether (sulfide) groups is 1. The molecule has 0 N–H and O–H groups in total. The Morgan fingerprint density at radius 3 is 2.61 bits per heavy atom. The Bertz CT molecular complexity index is 677. The molecule has 3 nitrogen and oxygen atoms in total. The quantitative estimate of drug-likeness (QED) is 0.814. The van der Waals surface area contributed by atoms with Crippen LogP contribution < -0.4 is 0 Å². The largest absolute Gasteiger partial charge is 0.343 e. The lowest BCUT2D eigenvalue weighted by atomic mass is 10.2. The number of hydrogen-bond acceptors (Lipinski definition) is 3. The van der Waals surface area contributed by atoms with Crippen LogP contribution in [-0.4, -0.2) is 25.0 Å². The van der Waals surface area contributed by atoms with Crippen LogP contribution in [0.1, 0.15) is 5.69 Å². The van der Waals surface area contributed by atoms with Crippen molar-refractivity contribution < 1.29 is 8.42 Å². The standard InChI is InChI=1S/C12H14ClNO2S2/c1-9-12(18(13,15)16)10-5-3-4-6-11(10)14(9)7-8-17-2/h3-6H,7-8H2,1-2H3. The number of benzene rings is 1. The Kier molecular flexibility index (Phi) is 3.94. The summed E-state index contributed by atoms with van der Waals surface area (Å²) in [5.41, 5.74) is 1.63. The first-order valence-electron chi connectivity index (χ1n) is 5.48. The third-order valence-electron chi connectivity index (χ3n) is 2.94. The third kappa shape index (κ3) is 2.39. The third-order valence-corrected chi connectivity index (χ3v) is 4.99. The van der Waals surface area contributed by atoms with E-state index in [0.29, 0.717) is 11.1 Å². The zero-order valence-electron chi connectivity index (χ0n) is 10.2. The molecule has 0 aliphatic carbocycles. The number of aryl methyl sites for hydroxylation is 1. The van der Waals surface area contributed by atoms with Crippen molar-refractivity contribution in [2.75, 3.05) is 12.0 Å². The molecule has 0 fully saturated rings. The molecule has 0 spiro atoms. The van der Waals surface area contributed by atoms with Crippen molar-refractivity contribution in [2.45, 2.75) is 18.4 Å². The average Bonchev–Trinajstić information content (AvgIpc) is 2.58. The molecule has 0 aliphatic rings. The lowest BCUT2D eigenvalue weighted by Gasteiger charge is -2.06. The number of para-hydroxylation sites is 1. The molecule has 0 amide bonds. The molecule has 0 aliphatic heterocycles. The first-order chi connectivity index (χ1) is 8.46. The number of hydrogen-bond donors (Lipinski definition) is 0. The molecule has 0 unspecified atom stereocenters. The molecule has 0 bridgehead atoms. The number of halogens is 1. The minimum absolute atomic E-state index is 0.237. The second-order valence-electron chi connectivity index (χ2n) is 4.01. The minimum atomic E-state index is -3.72. The molecule has 0 radical (unpaired) electrons. The van der Waals surface area contributed by atoms with E-state index in [2.05, 4.69) is 0 Å². The predicted octanol–water partition coefficient (Wildman–Crippen LogP) is 3.24. The summed E-state index contributed by atoms with van der Waals surface area (Å²) in [5, 5.41) is 0.700. The van der Waals surface area contributed by atoms with Gasteiger partial charge in [-0.1, -0.05) is 18.2 Å². The van der Waals surface area contributed by atoms with E-state index in [1.54, 1.807) is 24.8 Å². The van der Waals surface area contributed by atoms with E-state index < -0.39 is 9.05 Å². The smallest absolute Gasteiger partial charge is 0.263 e. The highest BCUT2D eigenvalue weighted by atomic mass is 35.7. The van der Waals surface area contributed by atoms with Crippen LogP contribution >= 0.6 is 22.4 Å². The average molecular weight is 304 g/mol. The number of aromatic nitrogens is 1. The molecule has 0 saturated carbocycles. The molecule has 6 heteroatoms. The van der Waals surface area contributed by atoms with E-state index >= 15 is 0 Å². The van der Waals surface area contributed by atoms with Gasteiger partial charge in [-0.3, -0.25) is 0 Å². The van der Waals surface area contributed by atoms with Crippen molar-refractivity contribution in [3.63, 3.8) is 0 Å². The summed E-state index contributed by atoms with van der Waals surface area (Å²) in [6.45, 7) is 2.58. The van der Waals surface area contributed by atoms with Gasteiger partial charge in [0.25, 0.3) is 9.05 Å². The maximum Gasteiger partial charge on any atom is 0.263 e. The monoisotopic (exact) mass is 303 g/mol. The van der Waals surface area contributed by atoms with Gasteiger partial charge in [0.05, 0.1) is 0 Å². The Hall–Kier alpha value is -0.650. The summed E-state index contributed by atoms with van der Waals surface area (Å²) in [4.78, 5) is 0.237. The minimum Gasteiger partial charge on any atom is -0.343 e. The molecule has 98 valence electrons. The molecule has 2 rings (SSSR count). The Balaban J connectivity index is 2.76. The molecule has 1 aromatic heterocycles. The SMILES string of the molecule is CSCCn1c(C)c(S(=O)(=O)Cl)c2ccccc21. The van der Waals surface area contributed by atoms with Gasteiger partial charge in [0.15, 0.2) is 0 Å². The molecule has 1 heterocycles. The lowest BCUT2D eigenvalue weighted by Crippen LogP contribution is -2.03. The summed E-state index contributed by atoms with van der Waals surface area (Å²) >= 11 is 1.73. The highest BCUT2D eigenvalue weighted by molar-refractivity contribution is 8.14. The van der Waals surface area contributed by atoms with E-state index in [-0.39, 0.29) is 4.90 Å². The first-order valence-corrected chi connectivity index (χ1v) is 9.18. The summed E-state index contributed by atoms with van der Waals surface area (Å²) in [6.07, 6.45) is 2.03. The predicted molar refractivity (Wildman–Crippen MR) is 78.1 cm³/mol. The maximum atomic E-state index is 11.7. The zero-order chi connectivity index (χ0) is 13.3. The van der Waals surface area contributed by atoms with Gasteiger partial charge in [0, 0.05) is 39.6 Å². The van der Waals surface area contributed by atoms with Gasteiger partial charge in [-0.2, -0.15) is 11.8 Å². The van der Waals surface area contributed by atoms with Crippen molar-refractivity contribution in [3.8, 4) is 0 Å². The maximum absolute atomic E-state index is 11.7. The van der Waals surface area contributed by atoms with Crippen LogP contribution in [0.3, 0.4) is 0 Å². The van der Waals surface area contributed by atoms with Gasteiger partial charge in [0.1, 0.15) is 4.90 Å². The Labute approximate surface area is 116 Å². The van der Waals surface area contributed by atoms with Gasteiger partial charge in [0.2, 0.25) is 0 Å². The fourth-order valence-corrected chi connectivity index (χ4v) is 4.03. The normalized spacial score (nSPS) is 12.2. The first kappa shape index (κ1) is 13.8. The van der Waals surface area contributed by atoms with Crippen LogP contribution in [0.15, 0.2) is 29.2 Å². The summed E-state index contributed by atoms with van der Waals surface area (Å²) in [5.74, 6) is 0.932. The van der Waals surface area contributed by atoms with Crippen LogP contribution in [0.5, 0.6) is 0 Å². The van der Waals surface area contributed by atoms with Crippen molar-refractivity contribution >= 4 is 42.4 Å². The molecule has 1 aromatic carbocycles. The molecule has 18 heavy (non-hydrogen) atoms. The van der Waals surface area contributed by atoms with Crippen molar-refractivity contribution in [2.24, 2.45) is 0 Å². The second-order valence-corrected chi connectivity index (χ2v) is 7.50. The van der Waals surface area contributed by atoms with E-state index in [9.17, 15) is 8.42 Å².